The first-order valence-corrected chi connectivity index (χ1v) is 6.37. The van der Waals surface area contributed by atoms with Gasteiger partial charge < -0.3 is 10.0 Å². The fourth-order valence-electron chi connectivity index (χ4n) is 2.68. The Morgan fingerprint density at radius 2 is 2.28 bits per heavy atom. The van der Waals surface area contributed by atoms with Gasteiger partial charge in [0.15, 0.2) is 5.82 Å². The Morgan fingerprint density at radius 1 is 1.50 bits per heavy atom. The molecular formula is C13H19N3O2. The third-order valence-corrected chi connectivity index (χ3v) is 3.72. The Bertz CT molecular complexity index is 436. The van der Waals surface area contributed by atoms with E-state index in [2.05, 4.69) is 17.1 Å². The molecule has 5 nitrogen and oxygen atoms in total. The van der Waals surface area contributed by atoms with E-state index in [1.165, 1.54) is 25.1 Å². The third-order valence-electron chi connectivity index (χ3n) is 3.72. The zero-order valence-electron chi connectivity index (χ0n) is 10.8. The van der Waals surface area contributed by atoms with Crippen molar-refractivity contribution in [2.45, 2.75) is 38.6 Å². The van der Waals surface area contributed by atoms with Crippen LogP contribution in [0.1, 0.15) is 43.0 Å². The fourth-order valence-corrected chi connectivity index (χ4v) is 2.68. The number of hydrogen-bond acceptors (Lipinski definition) is 4. The molecule has 0 bridgehead atoms. The van der Waals surface area contributed by atoms with E-state index in [0.717, 1.165) is 12.8 Å². The quantitative estimate of drug-likeness (QED) is 0.889. The van der Waals surface area contributed by atoms with Gasteiger partial charge in [0.1, 0.15) is 5.56 Å². The lowest BCUT2D eigenvalue weighted by Crippen LogP contribution is -2.37. The van der Waals surface area contributed by atoms with Crippen LogP contribution >= 0.6 is 0 Å². The molecule has 0 aromatic carbocycles. The van der Waals surface area contributed by atoms with Crippen LogP contribution in [0.5, 0.6) is 0 Å². The van der Waals surface area contributed by atoms with E-state index >= 15 is 0 Å². The molecule has 1 fully saturated rings. The van der Waals surface area contributed by atoms with Crippen LogP contribution in [0.2, 0.25) is 0 Å². The van der Waals surface area contributed by atoms with Gasteiger partial charge >= 0.3 is 5.97 Å². The summed E-state index contributed by atoms with van der Waals surface area (Å²) in [5.74, 6) is 0.218. The maximum Gasteiger partial charge on any atom is 0.339 e. The molecule has 1 N–H and O–H groups in total. The Morgan fingerprint density at radius 3 is 2.94 bits per heavy atom. The van der Waals surface area contributed by atoms with E-state index in [0.29, 0.717) is 17.8 Å². The highest BCUT2D eigenvalue weighted by atomic mass is 16.4. The molecule has 0 aliphatic heterocycles. The van der Waals surface area contributed by atoms with Gasteiger partial charge in [-0.1, -0.05) is 19.8 Å². The van der Waals surface area contributed by atoms with Crippen LogP contribution in [-0.2, 0) is 0 Å². The molecule has 1 heterocycles. The summed E-state index contributed by atoms with van der Waals surface area (Å²) in [6.07, 6.45) is 6.06. The first-order valence-electron chi connectivity index (χ1n) is 6.37. The molecule has 2 unspecified atom stereocenters. The lowest BCUT2D eigenvalue weighted by molar-refractivity contribution is 0.0697. The van der Waals surface area contributed by atoms with Crippen LogP contribution in [0.4, 0.5) is 5.82 Å². The molecule has 1 aliphatic carbocycles. The van der Waals surface area contributed by atoms with Crippen molar-refractivity contribution in [3.63, 3.8) is 0 Å². The van der Waals surface area contributed by atoms with E-state index in [1.54, 1.807) is 0 Å². The SMILES string of the molecule is CC1CCCC(N(C)c2nnccc2C(=O)O)C1. The van der Waals surface area contributed by atoms with Crippen molar-refractivity contribution in [1.82, 2.24) is 10.2 Å². The first kappa shape index (κ1) is 12.8. The van der Waals surface area contributed by atoms with E-state index < -0.39 is 5.97 Å². The third kappa shape index (κ3) is 2.60. The Labute approximate surface area is 107 Å². The molecule has 1 saturated carbocycles. The number of hydrogen-bond donors (Lipinski definition) is 1. The number of aromatic nitrogens is 2. The van der Waals surface area contributed by atoms with Crippen LogP contribution in [0.3, 0.4) is 0 Å². The fraction of sp³-hybridized carbons (Fsp3) is 0.615. The largest absolute Gasteiger partial charge is 0.478 e. The zero-order chi connectivity index (χ0) is 13.1. The number of nitrogens with zero attached hydrogens (tertiary/aromatic N) is 3. The maximum atomic E-state index is 11.2. The Balaban J connectivity index is 2.22. The Kier molecular flexibility index (Phi) is 3.79. The lowest BCUT2D eigenvalue weighted by Gasteiger charge is -2.35. The normalized spacial score (nSPS) is 23.7. The summed E-state index contributed by atoms with van der Waals surface area (Å²) in [5.41, 5.74) is 0.228. The topological polar surface area (TPSA) is 66.3 Å². The van der Waals surface area contributed by atoms with Gasteiger partial charge in [0, 0.05) is 13.1 Å². The Hall–Kier alpha value is -1.65. The van der Waals surface area contributed by atoms with Crippen LogP contribution in [-0.4, -0.2) is 34.4 Å². The van der Waals surface area contributed by atoms with Gasteiger partial charge in [0.05, 0.1) is 6.20 Å². The van der Waals surface area contributed by atoms with E-state index in [-0.39, 0.29) is 5.56 Å². The minimum absolute atomic E-state index is 0.228. The predicted molar refractivity (Wildman–Crippen MR) is 68.8 cm³/mol. The number of aromatic carboxylic acids is 1. The van der Waals surface area contributed by atoms with Crippen LogP contribution in [0.15, 0.2) is 12.3 Å². The van der Waals surface area contributed by atoms with Crippen molar-refractivity contribution in [3.05, 3.63) is 17.8 Å². The van der Waals surface area contributed by atoms with Crippen molar-refractivity contribution in [3.8, 4) is 0 Å². The van der Waals surface area contributed by atoms with E-state index in [1.807, 2.05) is 11.9 Å². The maximum absolute atomic E-state index is 11.2. The summed E-state index contributed by atoms with van der Waals surface area (Å²) >= 11 is 0. The molecule has 0 radical (unpaired) electrons. The van der Waals surface area contributed by atoms with Crippen molar-refractivity contribution in [2.75, 3.05) is 11.9 Å². The van der Waals surface area contributed by atoms with Crippen molar-refractivity contribution >= 4 is 11.8 Å². The molecule has 2 atom stereocenters. The van der Waals surface area contributed by atoms with Gasteiger partial charge in [-0.15, -0.1) is 5.10 Å². The smallest absolute Gasteiger partial charge is 0.339 e. The molecule has 1 aliphatic rings. The minimum Gasteiger partial charge on any atom is -0.478 e. The first-order chi connectivity index (χ1) is 8.59. The average Bonchev–Trinajstić information content (AvgIpc) is 2.38. The molecule has 98 valence electrons. The molecular weight excluding hydrogens is 230 g/mol. The molecule has 18 heavy (non-hydrogen) atoms. The number of carbonyl (C=O) groups is 1. The molecule has 1 aromatic heterocycles. The van der Waals surface area contributed by atoms with Crippen LogP contribution < -0.4 is 4.90 Å². The number of anilines is 1. The van der Waals surface area contributed by atoms with E-state index in [9.17, 15) is 9.90 Å². The molecule has 0 saturated heterocycles. The van der Waals surface area contributed by atoms with Gasteiger partial charge in [-0.2, -0.15) is 5.10 Å². The highest BCUT2D eigenvalue weighted by Gasteiger charge is 2.26. The summed E-state index contributed by atoms with van der Waals surface area (Å²) in [5, 5.41) is 17.0. The van der Waals surface area contributed by atoms with Gasteiger partial charge in [-0.05, 0) is 24.8 Å². The predicted octanol–water partition coefficient (Wildman–Crippen LogP) is 2.19. The average molecular weight is 249 g/mol. The van der Waals surface area contributed by atoms with Gasteiger partial charge in [-0.3, -0.25) is 0 Å². The second-order valence-corrected chi connectivity index (χ2v) is 5.11. The molecule has 0 spiro atoms. The van der Waals surface area contributed by atoms with Crippen molar-refractivity contribution in [1.29, 1.82) is 0 Å². The molecule has 1 aromatic rings. The van der Waals surface area contributed by atoms with Crippen LogP contribution in [0, 0.1) is 5.92 Å². The monoisotopic (exact) mass is 249 g/mol. The molecule has 2 rings (SSSR count). The van der Waals surface area contributed by atoms with Gasteiger partial charge in [0.25, 0.3) is 0 Å². The number of carboxylic acid groups (broad SMARTS) is 1. The van der Waals surface area contributed by atoms with Gasteiger partial charge in [-0.25, -0.2) is 4.79 Å². The highest BCUT2D eigenvalue weighted by molar-refractivity contribution is 5.93. The standard InChI is InChI=1S/C13H19N3O2/c1-9-4-3-5-10(8-9)16(2)12-11(13(17)18)6-7-14-15-12/h6-7,9-10H,3-5,8H2,1-2H3,(H,17,18). The second-order valence-electron chi connectivity index (χ2n) is 5.11. The summed E-state index contributed by atoms with van der Waals surface area (Å²) in [4.78, 5) is 13.2. The summed E-state index contributed by atoms with van der Waals surface area (Å²) < 4.78 is 0. The summed E-state index contributed by atoms with van der Waals surface area (Å²) in [6, 6.07) is 1.87. The number of rotatable bonds is 3. The molecule has 0 amide bonds. The van der Waals surface area contributed by atoms with Crippen molar-refractivity contribution in [2.24, 2.45) is 5.92 Å². The number of carboxylic acids is 1. The van der Waals surface area contributed by atoms with E-state index in [4.69, 9.17) is 0 Å². The zero-order valence-corrected chi connectivity index (χ0v) is 10.8. The van der Waals surface area contributed by atoms with Crippen LogP contribution in [0.25, 0.3) is 0 Å². The summed E-state index contributed by atoms with van der Waals surface area (Å²) in [6.45, 7) is 2.24. The lowest BCUT2D eigenvalue weighted by atomic mass is 9.86. The van der Waals surface area contributed by atoms with Crippen molar-refractivity contribution < 1.29 is 9.90 Å². The second kappa shape index (κ2) is 5.33. The minimum atomic E-state index is -0.949. The van der Waals surface area contributed by atoms with Gasteiger partial charge in [0.2, 0.25) is 0 Å². The molecule has 5 heteroatoms. The summed E-state index contributed by atoms with van der Waals surface area (Å²) in [7, 11) is 1.92. The highest BCUT2D eigenvalue weighted by Crippen LogP contribution is 2.29.